The van der Waals surface area contributed by atoms with Crippen molar-refractivity contribution < 1.29 is 0 Å². The predicted octanol–water partition coefficient (Wildman–Crippen LogP) is 8.68. The first-order valence-electron chi connectivity index (χ1n) is 12.5. The molecule has 0 N–H and O–H groups in total. The molecule has 0 spiro atoms. The van der Waals surface area contributed by atoms with E-state index < -0.39 is 0 Å². The summed E-state index contributed by atoms with van der Waals surface area (Å²) < 4.78 is 0. The van der Waals surface area contributed by atoms with E-state index in [0.29, 0.717) is 0 Å². The molecular weight excluding hydrogens is 336 g/mol. The number of allylic oxidation sites excluding steroid dienone is 2. The summed E-state index contributed by atoms with van der Waals surface area (Å²) in [5.74, 6) is 3.08. The van der Waals surface area contributed by atoms with Crippen molar-refractivity contribution in [1.82, 2.24) is 0 Å². The Kier molecular flexibility index (Phi) is 9.16. The summed E-state index contributed by atoms with van der Waals surface area (Å²) in [7, 11) is 0. The Morgan fingerprint density at radius 3 is 2.04 bits per heavy atom. The monoisotopic (exact) mass is 380 g/mol. The van der Waals surface area contributed by atoms with Crippen molar-refractivity contribution in [3.8, 4) is 0 Å². The van der Waals surface area contributed by atoms with Crippen LogP contribution in [-0.2, 0) is 12.8 Å². The minimum atomic E-state index is 0.994. The Morgan fingerprint density at radius 1 is 0.714 bits per heavy atom. The van der Waals surface area contributed by atoms with Gasteiger partial charge in [0, 0.05) is 0 Å². The molecule has 0 aliphatic heterocycles. The van der Waals surface area contributed by atoms with E-state index >= 15 is 0 Å². The third-order valence-electron chi connectivity index (χ3n) is 7.63. The first-order chi connectivity index (χ1) is 13.8. The third-order valence-corrected chi connectivity index (χ3v) is 7.63. The Labute approximate surface area is 175 Å². The van der Waals surface area contributed by atoms with Crippen LogP contribution < -0.4 is 0 Å². The van der Waals surface area contributed by atoms with E-state index in [9.17, 15) is 0 Å². The lowest BCUT2D eigenvalue weighted by Crippen LogP contribution is -2.23. The van der Waals surface area contributed by atoms with Crippen molar-refractivity contribution in [3.05, 3.63) is 47.0 Å². The summed E-state index contributed by atoms with van der Waals surface area (Å²) in [6, 6.07) is 9.49. The molecule has 0 aromatic heterocycles. The molecule has 156 valence electrons. The molecule has 1 fully saturated rings. The van der Waals surface area contributed by atoms with Crippen molar-refractivity contribution >= 4 is 0 Å². The summed E-state index contributed by atoms with van der Waals surface area (Å²) in [5, 5.41) is 0. The van der Waals surface area contributed by atoms with Crippen LogP contribution in [0.25, 0.3) is 0 Å². The van der Waals surface area contributed by atoms with Gasteiger partial charge in [-0.25, -0.2) is 0 Å². The highest BCUT2D eigenvalue weighted by Gasteiger charge is 2.28. The van der Waals surface area contributed by atoms with E-state index in [4.69, 9.17) is 0 Å². The van der Waals surface area contributed by atoms with Crippen LogP contribution in [0.5, 0.6) is 0 Å². The fourth-order valence-electron chi connectivity index (χ4n) is 5.68. The zero-order chi connectivity index (χ0) is 19.6. The summed E-state index contributed by atoms with van der Waals surface area (Å²) in [6.07, 6.45) is 23.5. The lowest BCUT2D eigenvalue weighted by atomic mass is 9.70. The Bertz CT molecular complexity index is 571. The maximum absolute atomic E-state index is 2.63. The quantitative estimate of drug-likeness (QED) is 0.281. The highest BCUT2D eigenvalue weighted by atomic mass is 14.3. The maximum atomic E-state index is 2.63. The summed E-state index contributed by atoms with van der Waals surface area (Å²) in [5.41, 5.74) is 4.78. The molecule has 1 unspecified atom stereocenters. The van der Waals surface area contributed by atoms with Gasteiger partial charge >= 0.3 is 0 Å². The fourth-order valence-corrected chi connectivity index (χ4v) is 5.68. The number of hydrogen-bond acceptors (Lipinski definition) is 0. The number of benzene rings is 1. The minimum Gasteiger partial charge on any atom is -0.0850 e. The van der Waals surface area contributed by atoms with Crippen molar-refractivity contribution in [3.63, 3.8) is 0 Å². The SMILES string of the molecule is CCCCCc1ccc(CCC2=CCC(C3CCC(CCC)CC3)CC2)cc1. The van der Waals surface area contributed by atoms with Gasteiger partial charge in [-0.1, -0.05) is 88.3 Å². The second-order valence-electron chi connectivity index (χ2n) is 9.74. The number of rotatable bonds is 10. The fraction of sp³-hybridized carbons (Fsp3) is 0.714. The molecule has 3 rings (SSSR count). The maximum Gasteiger partial charge on any atom is -0.0241 e. The first kappa shape index (κ1) is 21.7. The van der Waals surface area contributed by atoms with E-state index in [1.165, 1.54) is 107 Å². The molecular formula is C28H44. The van der Waals surface area contributed by atoms with Gasteiger partial charge in [0.15, 0.2) is 0 Å². The van der Waals surface area contributed by atoms with E-state index in [-0.39, 0.29) is 0 Å². The van der Waals surface area contributed by atoms with Crippen LogP contribution in [-0.4, -0.2) is 0 Å². The summed E-state index contributed by atoms with van der Waals surface area (Å²) in [4.78, 5) is 0. The average Bonchev–Trinajstić information content (AvgIpc) is 2.75. The van der Waals surface area contributed by atoms with Gasteiger partial charge in [0.25, 0.3) is 0 Å². The Balaban J connectivity index is 1.37. The molecule has 0 radical (unpaired) electrons. The van der Waals surface area contributed by atoms with E-state index in [1.54, 1.807) is 5.57 Å². The normalized spacial score (nSPS) is 25.5. The molecule has 0 saturated heterocycles. The summed E-state index contributed by atoms with van der Waals surface area (Å²) >= 11 is 0. The van der Waals surface area contributed by atoms with Crippen LogP contribution >= 0.6 is 0 Å². The van der Waals surface area contributed by atoms with Gasteiger partial charge < -0.3 is 0 Å². The third kappa shape index (κ3) is 6.78. The van der Waals surface area contributed by atoms with Crippen LogP contribution in [0.1, 0.15) is 108 Å². The van der Waals surface area contributed by atoms with Crippen molar-refractivity contribution in [2.45, 2.75) is 110 Å². The minimum absolute atomic E-state index is 0.994. The molecule has 2 aliphatic carbocycles. The van der Waals surface area contributed by atoms with Gasteiger partial charge in [-0.15, -0.1) is 0 Å². The topological polar surface area (TPSA) is 0 Å². The number of hydrogen-bond donors (Lipinski definition) is 0. The zero-order valence-corrected chi connectivity index (χ0v) is 18.7. The lowest BCUT2D eigenvalue weighted by molar-refractivity contribution is 0.186. The Morgan fingerprint density at radius 2 is 1.43 bits per heavy atom. The van der Waals surface area contributed by atoms with Crippen molar-refractivity contribution in [2.24, 2.45) is 17.8 Å². The van der Waals surface area contributed by atoms with Crippen LogP contribution in [0.2, 0.25) is 0 Å². The molecule has 0 heterocycles. The van der Waals surface area contributed by atoms with Crippen LogP contribution in [0.3, 0.4) is 0 Å². The zero-order valence-electron chi connectivity index (χ0n) is 18.7. The van der Waals surface area contributed by atoms with Gasteiger partial charge in [0.05, 0.1) is 0 Å². The van der Waals surface area contributed by atoms with Crippen LogP contribution in [0.15, 0.2) is 35.9 Å². The van der Waals surface area contributed by atoms with Crippen molar-refractivity contribution in [1.29, 1.82) is 0 Å². The van der Waals surface area contributed by atoms with Crippen LogP contribution in [0, 0.1) is 17.8 Å². The second-order valence-corrected chi connectivity index (χ2v) is 9.74. The molecule has 1 aromatic carbocycles. The van der Waals surface area contributed by atoms with Gasteiger partial charge in [0.1, 0.15) is 0 Å². The van der Waals surface area contributed by atoms with E-state index in [0.717, 1.165) is 17.8 Å². The van der Waals surface area contributed by atoms with E-state index in [1.807, 2.05) is 0 Å². The highest BCUT2D eigenvalue weighted by Crippen LogP contribution is 2.41. The van der Waals surface area contributed by atoms with Crippen LogP contribution in [0.4, 0.5) is 0 Å². The second kappa shape index (κ2) is 11.8. The molecule has 2 aliphatic rings. The highest BCUT2D eigenvalue weighted by molar-refractivity contribution is 5.24. The molecule has 1 saturated carbocycles. The van der Waals surface area contributed by atoms with Crippen molar-refractivity contribution in [2.75, 3.05) is 0 Å². The van der Waals surface area contributed by atoms with Gasteiger partial charge in [-0.3, -0.25) is 0 Å². The first-order valence-corrected chi connectivity index (χ1v) is 12.5. The molecule has 1 aromatic rings. The van der Waals surface area contributed by atoms with E-state index in [2.05, 4.69) is 44.2 Å². The average molecular weight is 381 g/mol. The Hall–Kier alpha value is -1.04. The largest absolute Gasteiger partial charge is 0.0850 e. The molecule has 0 nitrogen and oxygen atoms in total. The lowest BCUT2D eigenvalue weighted by Gasteiger charge is -2.35. The van der Waals surface area contributed by atoms with Gasteiger partial charge in [-0.2, -0.15) is 0 Å². The number of unbranched alkanes of at least 4 members (excludes halogenated alkanes) is 2. The molecule has 0 bridgehead atoms. The standard InChI is InChI=1S/C28H44/c1-3-5-6-8-24-9-11-25(12-10-24)13-14-26-17-21-28(22-18-26)27-19-15-23(7-4-2)16-20-27/h9-12,17,23,27-28H,3-8,13-16,18-22H2,1-2H3. The van der Waals surface area contributed by atoms with Gasteiger partial charge in [0.2, 0.25) is 0 Å². The molecule has 28 heavy (non-hydrogen) atoms. The molecule has 0 amide bonds. The predicted molar refractivity (Wildman–Crippen MR) is 124 cm³/mol. The smallest absolute Gasteiger partial charge is 0.0241 e. The van der Waals surface area contributed by atoms with Gasteiger partial charge in [-0.05, 0) is 86.7 Å². The molecule has 0 heteroatoms. The molecule has 1 atom stereocenters. The number of aryl methyl sites for hydroxylation is 2. The summed E-state index contributed by atoms with van der Waals surface area (Å²) in [6.45, 7) is 4.63.